The van der Waals surface area contributed by atoms with Crippen molar-refractivity contribution in [2.75, 3.05) is 38.1 Å². The van der Waals surface area contributed by atoms with Gasteiger partial charge in [-0.3, -0.25) is 0 Å². The van der Waals surface area contributed by atoms with Crippen LogP contribution in [0.2, 0.25) is 0 Å². The van der Waals surface area contributed by atoms with E-state index in [1.54, 1.807) is 0 Å². The van der Waals surface area contributed by atoms with E-state index in [2.05, 4.69) is 48.1 Å². The van der Waals surface area contributed by atoms with Gasteiger partial charge in [0.05, 0.1) is 5.69 Å². The van der Waals surface area contributed by atoms with Crippen LogP contribution in [0.25, 0.3) is 6.08 Å². The second kappa shape index (κ2) is 4.73. The van der Waals surface area contributed by atoms with Gasteiger partial charge in [0, 0.05) is 26.2 Å². The molecule has 1 fully saturated rings. The summed E-state index contributed by atoms with van der Waals surface area (Å²) in [6, 6.07) is 4.39. The molecular formula is C15H21N3. The highest BCUT2D eigenvalue weighted by molar-refractivity contribution is 5.57. The zero-order chi connectivity index (χ0) is 12.5. The fraction of sp³-hybridized carbons (Fsp3) is 0.533. The summed E-state index contributed by atoms with van der Waals surface area (Å²) in [7, 11) is 2.18. The number of nitrogens with zero attached hydrogens (tertiary/aromatic N) is 3. The minimum absolute atomic E-state index is 0.618. The van der Waals surface area contributed by atoms with E-state index in [1.807, 2.05) is 0 Å². The number of hydrogen-bond acceptors (Lipinski definition) is 3. The van der Waals surface area contributed by atoms with Gasteiger partial charge in [0.1, 0.15) is 5.82 Å². The highest BCUT2D eigenvalue weighted by Crippen LogP contribution is 2.24. The van der Waals surface area contributed by atoms with Gasteiger partial charge in [-0.25, -0.2) is 4.98 Å². The molecule has 0 saturated carbocycles. The maximum absolute atomic E-state index is 4.87. The van der Waals surface area contributed by atoms with Gasteiger partial charge in [0.2, 0.25) is 0 Å². The van der Waals surface area contributed by atoms with E-state index in [0.29, 0.717) is 5.92 Å². The van der Waals surface area contributed by atoms with E-state index in [-0.39, 0.29) is 0 Å². The van der Waals surface area contributed by atoms with Crippen molar-refractivity contribution < 1.29 is 0 Å². The van der Waals surface area contributed by atoms with Crippen LogP contribution in [-0.2, 0) is 6.42 Å². The fourth-order valence-electron chi connectivity index (χ4n) is 2.67. The molecule has 18 heavy (non-hydrogen) atoms. The minimum atomic E-state index is 0.618. The second-order valence-corrected chi connectivity index (χ2v) is 5.54. The number of anilines is 1. The van der Waals surface area contributed by atoms with Crippen molar-refractivity contribution in [2.24, 2.45) is 5.92 Å². The molecule has 1 atom stereocenters. The SMILES string of the molecule is CC1C=Cc2ccc(N3CCN(C)CC3)nc2C1. The smallest absolute Gasteiger partial charge is 0.128 e. The average molecular weight is 243 g/mol. The van der Waals surface area contributed by atoms with E-state index in [1.165, 1.54) is 11.3 Å². The Morgan fingerprint density at radius 1 is 1.17 bits per heavy atom. The number of allylic oxidation sites excluding steroid dienone is 1. The highest BCUT2D eigenvalue weighted by atomic mass is 15.3. The van der Waals surface area contributed by atoms with E-state index in [9.17, 15) is 0 Å². The van der Waals surface area contributed by atoms with Gasteiger partial charge in [-0.05, 0) is 37.1 Å². The number of fused-ring (bicyclic) bond motifs is 1. The van der Waals surface area contributed by atoms with Crippen LogP contribution in [0, 0.1) is 5.92 Å². The molecule has 0 radical (unpaired) electrons. The Hall–Kier alpha value is -1.35. The first-order valence-electron chi connectivity index (χ1n) is 6.84. The Morgan fingerprint density at radius 3 is 2.72 bits per heavy atom. The van der Waals surface area contributed by atoms with Gasteiger partial charge in [0.15, 0.2) is 0 Å². The van der Waals surface area contributed by atoms with E-state index >= 15 is 0 Å². The molecule has 1 unspecified atom stereocenters. The van der Waals surface area contributed by atoms with Crippen LogP contribution >= 0.6 is 0 Å². The molecular weight excluding hydrogens is 222 g/mol. The Bertz CT molecular complexity index is 459. The number of pyridine rings is 1. The topological polar surface area (TPSA) is 19.4 Å². The maximum atomic E-state index is 4.87. The van der Waals surface area contributed by atoms with Crippen molar-refractivity contribution >= 4 is 11.9 Å². The Kier molecular flexibility index (Phi) is 3.08. The lowest BCUT2D eigenvalue weighted by Gasteiger charge is -2.33. The van der Waals surface area contributed by atoms with Crippen molar-refractivity contribution in [3.63, 3.8) is 0 Å². The quantitative estimate of drug-likeness (QED) is 0.752. The molecule has 1 aliphatic carbocycles. The predicted octanol–water partition coefficient (Wildman–Crippen LogP) is 2.04. The molecule has 2 heterocycles. The number of likely N-dealkylation sites (N-methyl/N-ethyl adjacent to an activating group) is 1. The van der Waals surface area contributed by atoms with Gasteiger partial charge < -0.3 is 9.80 Å². The molecule has 3 nitrogen and oxygen atoms in total. The molecule has 3 rings (SSSR count). The zero-order valence-corrected chi connectivity index (χ0v) is 11.3. The van der Waals surface area contributed by atoms with Gasteiger partial charge in [0.25, 0.3) is 0 Å². The third-order valence-electron chi connectivity index (χ3n) is 3.94. The van der Waals surface area contributed by atoms with Crippen molar-refractivity contribution in [3.05, 3.63) is 29.5 Å². The molecule has 0 spiro atoms. The largest absolute Gasteiger partial charge is 0.354 e. The van der Waals surface area contributed by atoms with Crippen molar-refractivity contribution in [1.29, 1.82) is 0 Å². The number of piperazine rings is 1. The van der Waals surface area contributed by atoms with Crippen LogP contribution in [0.1, 0.15) is 18.2 Å². The van der Waals surface area contributed by atoms with Crippen LogP contribution in [0.4, 0.5) is 5.82 Å². The third kappa shape index (κ3) is 2.27. The van der Waals surface area contributed by atoms with E-state index < -0.39 is 0 Å². The van der Waals surface area contributed by atoms with E-state index in [0.717, 1.165) is 38.4 Å². The number of aromatic nitrogens is 1. The first-order valence-corrected chi connectivity index (χ1v) is 6.84. The lowest BCUT2D eigenvalue weighted by atomic mass is 9.95. The molecule has 1 aliphatic heterocycles. The molecule has 1 aromatic rings. The lowest BCUT2D eigenvalue weighted by Crippen LogP contribution is -2.44. The van der Waals surface area contributed by atoms with Crippen molar-refractivity contribution in [3.8, 4) is 0 Å². The molecule has 0 aromatic carbocycles. The van der Waals surface area contributed by atoms with Crippen LogP contribution in [0.5, 0.6) is 0 Å². The first-order chi connectivity index (χ1) is 8.72. The monoisotopic (exact) mass is 243 g/mol. The standard InChI is InChI=1S/C15H21N3/c1-12-3-4-13-5-6-15(16-14(13)11-12)18-9-7-17(2)8-10-18/h3-6,12H,7-11H2,1-2H3. The van der Waals surface area contributed by atoms with Gasteiger partial charge >= 0.3 is 0 Å². The Balaban J connectivity index is 1.82. The summed E-state index contributed by atoms with van der Waals surface area (Å²) < 4.78 is 0. The summed E-state index contributed by atoms with van der Waals surface area (Å²) in [5, 5.41) is 0. The molecule has 0 bridgehead atoms. The molecule has 2 aliphatic rings. The molecule has 1 saturated heterocycles. The molecule has 3 heteroatoms. The van der Waals surface area contributed by atoms with Gasteiger partial charge in [-0.1, -0.05) is 19.1 Å². The fourth-order valence-corrected chi connectivity index (χ4v) is 2.67. The van der Waals surface area contributed by atoms with Crippen LogP contribution < -0.4 is 4.90 Å². The molecule has 1 aromatic heterocycles. The van der Waals surface area contributed by atoms with Crippen molar-refractivity contribution in [2.45, 2.75) is 13.3 Å². The normalized spacial score (nSPS) is 24.1. The summed E-state index contributed by atoms with van der Waals surface area (Å²) in [4.78, 5) is 9.65. The van der Waals surface area contributed by atoms with E-state index in [4.69, 9.17) is 4.98 Å². The highest BCUT2D eigenvalue weighted by Gasteiger charge is 2.17. The Morgan fingerprint density at radius 2 is 1.94 bits per heavy atom. The zero-order valence-electron chi connectivity index (χ0n) is 11.3. The Labute approximate surface area is 109 Å². The molecule has 0 N–H and O–H groups in total. The van der Waals surface area contributed by atoms with Crippen LogP contribution in [-0.4, -0.2) is 43.1 Å². The summed E-state index contributed by atoms with van der Waals surface area (Å²) in [5.41, 5.74) is 2.56. The van der Waals surface area contributed by atoms with Crippen molar-refractivity contribution in [1.82, 2.24) is 9.88 Å². The summed E-state index contributed by atoms with van der Waals surface area (Å²) in [5.74, 6) is 1.78. The summed E-state index contributed by atoms with van der Waals surface area (Å²) >= 11 is 0. The number of rotatable bonds is 1. The average Bonchev–Trinajstić information content (AvgIpc) is 2.38. The minimum Gasteiger partial charge on any atom is -0.354 e. The van der Waals surface area contributed by atoms with Crippen LogP contribution in [0.15, 0.2) is 18.2 Å². The third-order valence-corrected chi connectivity index (χ3v) is 3.94. The molecule has 96 valence electrons. The summed E-state index contributed by atoms with van der Waals surface area (Å²) in [6.07, 6.45) is 5.57. The lowest BCUT2D eigenvalue weighted by molar-refractivity contribution is 0.312. The van der Waals surface area contributed by atoms with Gasteiger partial charge in [-0.2, -0.15) is 0 Å². The summed E-state index contributed by atoms with van der Waals surface area (Å²) in [6.45, 7) is 6.70. The van der Waals surface area contributed by atoms with Crippen LogP contribution in [0.3, 0.4) is 0 Å². The maximum Gasteiger partial charge on any atom is 0.128 e. The van der Waals surface area contributed by atoms with Gasteiger partial charge in [-0.15, -0.1) is 0 Å². The molecule has 0 amide bonds. The number of hydrogen-bond donors (Lipinski definition) is 0. The predicted molar refractivity (Wildman–Crippen MR) is 75.8 cm³/mol. The second-order valence-electron chi connectivity index (χ2n) is 5.54. The first kappa shape index (κ1) is 11.7.